The van der Waals surface area contributed by atoms with E-state index in [1.54, 1.807) is 32.1 Å². The SMILES string of the molecule is CC(=Cc1csc(C)n1)[C@@H]1C[C@@H]2O[C@@H]2CCC[C@H](C)[C@H](O)[C@@H](C)C(=O)C(C)(C)[C@@H](O)CC(=O)N1. The van der Waals surface area contributed by atoms with Crippen molar-refractivity contribution in [2.75, 3.05) is 0 Å². The molecule has 0 bridgehead atoms. The molecular weight excluding hydrogens is 452 g/mol. The van der Waals surface area contributed by atoms with E-state index in [1.165, 1.54) is 0 Å². The minimum atomic E-state index is -1.16. The summed E-state index contributed by atoms with van der Waals surface area (Å²) in [7, 11) is 0. The minimum absolute atomic E-state index is 0.0419. The van der Waals surface area contributed by atoms with Crippen molar-refractivity contribution in [2.45, 2.75) is 104 Å². The van der Waals surface area contributed by atoms with Gasteiger partial charge in [-0.2, -0.15) is 0 Å². The number of hydrogen-bond acceptors (Lipinski definition) is 7. The third-order valence-electron chi connectivity index (χ3n) is 7.56. The number of epoxide rings is 1. The number of carbonyl (C=O) groups excluding carboxylic acids is 2. The largest absolute Gasteiger partial charge is 0.392 e. The van der Waals surface area contributed by atoms with Crippen LogP contribution in [-0.4, -0.2) is 57.3 Å². The van der Waals surface area contributed by atoms with Crippen molar-refractivity contribution in [2.24, 2.45) is 17.3 Å². The first kappa shape index (κ1) is 27.0. The molecule has 0 unspecified atom stereocenters. The van der Waals surface area contributed by atoms with E-state index in [9.17, 15) is 19.8 Å². The molecule has 2 saturated heterocycles. The number of aryl methyl sites for hydroxylation is 1. The van der Waals surface area contributed by atoms with Gasteiger partial charge in [0.1, 0.15) is 5.78 Å². The van der Waals surface area contributed by atoms with E-state index in [2.05, 4.69) is 10.3 Å². The van der Waals surface area contributed by atoms with E-state index in [1.807, 2.05) is 32.2 Å². The molecule has 1 amide bonds. The normalized spacial score (nSPS) is 36.0. The topological polar surface area (TPSA) is 112 Å². The highest BCUT2D eigenvalue weighted by Crippen LogP contribution is 2.35. The predicted octanol–water partition coefficient (Wildman–Crippen LogP) is 3.66. The van der Waals surface area contributed by atoms with Gasteiger partial charge in [-0.05, 0) is 44.3 Å². The molecule has 3 heterocycles. The van der Waals surface area contributed by atoms with Gasteiger partial charge in [-0.1, -0.05) is 34.1 Å². The van der Waals surface area contributed by atoms with Crippen LogP contribution in [0.5, 0.6) is 0 Å². The Labute approximate surface area is 207 Å². The van der Waals surface area contributed by atoms with Crippen molar-refractivity contribution in [3.63, 3.8) is 0 Å². The van der Waals surface area contributed by atoms with Crippen LogP contribution in [0, 0.1) is 24.2 Å². The monoisotopic (exact) mass is 492 g/mol. The van der Waals surface area contributed by atoms with Crippen molar-refractivity contribution in [1.29, 1.82) is 0 Å². The molecule has 0 radical (unpaired) electrons. The molecule has 1 aromatic heterocycles. The average molecular weight is 493 g/mol. The highest BCUT2D eigenvalue weighted by Gasteiger charge is 2.44. The zero-order valence-corrected chi connectivity index (χ0v) is 22.0. The number of aromatic nitrogens is 1. The number of fused-ring (bicyclic) bond motifs is 1. The first-order valence-electron chi connectivity index (χ1n) is 12.4. The summed E-state index contributed by atoms with van der Waals surface area (Å²) in [6, 6.07) is -0.247. The summed E-state index contributed by atoms with van der Waals surface area (Å²) >= 11 is 1.58. The van der Waals surface area contributed by atoms with E-state index < -0.39 is 23.5 Å². The van der Waals surface area contributed by atoms with Crippen LogP contribution in [0.3, 0.4) is 0 Å². The van der Waals surface area contributed by atoms with Gasteiger partial charge in [-0.3, -0.25) is 9.59 Å². The van der Waals surface area contributed by atoms with E-state index in [-0.39, 0.29) is 42.3 Å². The number of rotatable bonds is 2. The molecule has 0 aliphatic carbocycles. The second kappa shape index (κ2) is 11.0. The van der Waals surface area contributed by atoms with Crippen molar-refractivity contribution in [1.82, 2.24) is 10.3 Å². The molecule has 8 heteroatoms. The Bertz CT molecular complexity index is 911. The fourth-order valence-electron chi connectivity index (χ4n) is 4.91. The molecule has 0 aromatic carbocycles. The summed E-state index contributed by atoms with van der Waals surface area (Å²) in [5, 5.41) is 27.7. The maximum absolute atomic E-state index is 13.2. The van der Waals surface area contributed by atoms with Crippen LogP contribution < -0.4 is 5.32 Å². The van der Waals surface area contributed by atoms with Gasteiger partial charge >= 0.3 is 0 Å². The molecule has 3 rings (SSSR count). The third kappa shape index (κ3) is 6.53. The smallest absolute Gasteiger partial charge is 0.223 e. The number of aliphatic hydroxyl groups excluding tert-OH is 2. The standard InChI is InChI=1S/C26H40N2O5S/c1-14-8-7-9-20-21(33-20)11-19(15(2)10-18-13-34-17(4)27-18)28-23(30)12-22(29)26(5,6)25(32)16(3)24(14)31/h10,13-14,16,19-22,24,29,31H,7-9,11-12H2,1-6H3,(H,28,30)/t14-,16+,19-,20+,21-,22-,24-/m0/s1. The number of ketones is 1. The first-order chi connectivity index (χ1) is 15.9. The maximum atomic E-state index is 13.2. The van der Waals surface area contributed by atoms with E-state index in [0.717, 1.165) is 35.5 Å². The Hall–Kier alpha value is -1.61. The summed E-state index contributed by atoms with van der Waals surface area (Å²) in [5.74, 6) is -1.21. The highest BCUT2D eigenvalue weighted by atomic mass is 32.1. The van der Waals surface area contributed by atoms with E-state index in [4.69, 9.17) is 4.74 Å². The maximum Gasteiger partial charge on any atom is 0.223 e. The fraction of sp³-hybridized carbons (Fsp3) is 0.731. The van der Waals surface area contributed by atoms with Crippen molar-refractivity contribution in [3.05, 3.63) is 21.7 Å². The number of hydrogen-bond donors (Lipinski definition) is 3. The lowest BCUT2D eigenvalue weighted by Gasteiger charge is -2.34. The van der Waals surface area contributed by atoms with E-state index in [0.29, 0.717) is 6.42 Å². The summed E-state index contributed by atoms with van der Waals surface area (Å²) in [6.07, 6.45) is 3.31. The summed E-state index contributed by atoms with van der Waals surface area (Å²) < 4.78 is 5.91. The molecule has 1 aromatic rings. The quantitative estimate of drug-likeness (QED) is 0.543. The van der Waals surface area contributed by atoms with Crippen LogP contribution in [0.15, 0.2) is 11.0 Å². The zero-order chi connectivity index (χ0) is 25.2. The third-order valence-corrected chi connectivity index (χ3v) is 8.35. The summed E-state index contributed by atoms with van der Waals surface area (Å²) in [6.45, 7) is 10.9. The number of thiazole rings is 1. The van der Waals surface area contributed by atoms with Gasteiger partial charge in [0.2, 0.25) is 5.91 Å². The van der Waals surface area contributed by atoms with Crippen LogP contribution in [0.25, 0.3) is 6.08 Å². The lowest BCUT2D eigenvalue weighted by atomic mass is 9.73. The average Bonchev–Trinajstić information content (AvgIpc) is 3.38. The second-order valence-corrected chi connectivity index (χ2v) is 11.8. The molecule has 7 atom stereocenters. The number of ether oxygens (including phenoxy) is 1. The Morgan fingerprint density at radius 1 is 1.24 bits per heavy atom. The zero-order valence-electron chi connectivity index (χ0n) is 21.2. The van der Waals surface area contributed by atoms with Crippen LogP contribution in [0.4, 0.5) is 0 Å². The highest BCUT2D eigenvalue weighted by molar-refractivity contribution is 7.09. The molecule has 34 heavy (non-hydrogen) atoms. The Morgan fingerprint density at radius 2 is 1.94 bits per heavy atom. The van der Waals surface area contributed by atoms with Gasteiger partial charge in [-0.25, -0.2) is 4.98 Å². The number of nitrogens with zero attached hydrogens (tertiary/aromatic N) is 1. The van der Waals surface area contributed by atoms with Crippen LogP contribution in [0.2, 0.25) is 0 Å². The molecule has 0 spiro atoms. The Morgan fingerprint density at radius 3 is 2.59 bits per heavy atom. The molecule has 190 valence electrons. The molecule has 2 fully saturated rings. The summed E-state index contributed by atoms with van der Waals surface area (Å²) in [5.41, 5.74) is 0.685. The first-order valence-corrected chi connectivity index (χ1v) is 13.2. The Kier molecular flexibility index (Phi) is 8.71. The van der Waals surface area contributed by atoms with Gasteiger partial charge in [0.05, 0.1) is 53.0 Å². The predicted molar refractivity (Wildman–Crippen MR) is 133 cm³/mol. The molecule has 2 aliphatic rings. The van der Waals surface area contributed by atoms with Crippen molar-refractivity contribution < 1.29 is 24.5 Å². The number of amides is 1. The van der Waals surface area contributed by atoms with Gasteiger partial charge in [-0.15, -0.1) is 11.3 Å². The van der Waals surface area contributed by atoms with Crippen molar-refractivity contribution >= 4 is 29.1 Å². The molecule has 3 N–H and O–H groups in total. The number of nitrogens with one attached hydrogen (secondary N) is 1. The minimum Gasteiger partial charge on any atom is -0.392 e. The number of aliphatic hydroxyl groups is 2. The van der Waals surface area contributed by atoms with Gasteiger partial charge in [0.25, 0.3) is 0 Å². The van der Waals surface area contributed by atoms with Crippen molar-refractivity contribution in [3.8, 4) is 0 Å². The summed E-state index contributed by atoms with van der Waals surface area (Å²) in [4.78, 5) is 30.6. The van der Waals surface area contributed by atoms with Crippen LogP contribution in [-0.2, 0) is 14.3 Å². The molecular formula is C26H40N2O5S. The Balaban J connectivity index is 1.81. The van der Waals surface area contributed by atoms with Gasteiger partial charge in [0.15, 0.2) is 0 Å². The van der Waals surface area contributed by atoms with Gasteiger partial charge < -0.3 is 20.3 Å². The number of carbonyl (C=O) groups is 2. The van der Waals surface area contributed by atoms with Crippen LogP contribution in [0.1, 0.15) is 77.4 Å². The lowest BCUT2D eigenvalue weighted by Crippen LogP contribution is -2.47. The van der Waals surface area contributed by atoms with Crippen LogP contribution >= 0.6 is 11.3 Å². The molecule has 0 saturated carbocycles. The molecule has 2 aliphatic heterocycles. The lowest BCUT2D eigenvalue weighted by molar-refractivity contribution is -0.143. The fourth-order valence-corrected chi connectivity index (χ4v) is 5.48. The molecule has 7 nitrogen and oxygen atoms in total. The number of Topliss-reactive ketones (excluding diaryl/α,β-unsaturated/α-hetero) is 1. The van der Waals surface area contributed by atoms with E-state index >= 15 is 0 Å². The second-order valence-electron chi connectivity index (χ2n) is 10.7. The van der Waals surface area contributed by atoms with Gasteiger partial charge in [0, 0.05) is 17.7 Å².